The van der Waals surface area contributed by atoms with Gasteiger partial charge in [0.1, 0.15) is 66.0 Å². The number of hydrogen-bond acceptors (Lipinski definition) is 31. The Bertz CT molecular complexity index is 6680. The fourth-order valence-electron chi connectivity index (χ4n) is 18.8. The van der Waals surface area contributed by atoms with Crippen molar-refractivity contribution >= 4 is 153 Å². The van der Waals surface area contributed by atoms with E-state index >= 15 is 0 Å². The number of rotatable bonds is 22. The van der Waals surface area contributed by atoms with Gasteiger partial charge in [-0.05, 0) is 160 Å². The Morgan fingerprint density at radius 3 is 0.985 bits per heavy atom. The van der Waals surface area contributed by atoms with Crippen molar-refractivity contribution in [3.63, 3.8) is 0 Å². The largest absolute Gasteiger partial charge is 0.368 e. The number of nitrogens with zero attached hydrogens (tertiary/aromatic N) is 19. The van der Waals surface area contributed by atoms with Crippen LogP contribution in [0.1, 0.15) is 146 Å². The normalized spacial score (nSPS) is 17.7. The average Bonchev–Trinajstić information content (AvgIpc) is 1.61. The maximum absolute atomic E-state index is 13.6. The lowest BCUT2D eigenvalue weighted by molar-refractivity contribution is 0.488. The molecule has 35 nitrogen and oxygen atoms in total. The van der Waals surface area contributed by atoms with Gasteiger partial charge in [0.2, 0.25) is 33.6 Å². The van der Waals surface area contributed by atoms with Crippen LogP contribution in [0.5, 0.6) is 0 Å². The van der Waals surface area contributed by atoms with Crippen LogP contribution < -0.4 is 57.2 Å². The average molecular weight is 1840 g/mol. The highest BCUT2D eigenvalue weighted by molar-refractivity contribution is 7.92. The molecule has 8 aliphatic rings. The fourth-order valence-corrected chi connectivity index (χ4v) is 23.4. The first-order valence-electron chi connectivity index (χ1n) is 45.3. The molecule has 16 heterocycles. The second-order valence-electron chi connectivity index (χ2n) is 34.3. The van der Waals surface area contributed by atoms with Crippen molar-refractivity contribution in [2.45, 2.75) is 165 Å². The molecule has 12 aromatic heterocycles. The van der Waals surface area contributed by atoms with Crippen LogP contribution in [0.2, 0.25) is 0 Å². The lowest BCUT2D eigenvalue weighted by atomic mass is 10.0. The Balaban J connectivity index is 0.000000117. The number of fused-ring (bicyclic) bond motifs is 4. The summed E-state index contributed by atoms with van der Waals surface area (Å²) in [5, 5.41) is 30.3. The molecule has 4 aliphatic carbocycles. The molecule has 130 heavy (non-hydrogen) atoms. The zero-order chi connectivity index (χ0) is 89.5. The molecular weight excluding hydrogens is 1730 g/mol. The summed E-state index contributed by atoms with van der Waals surface area (Å²) in [6, 6.07) is 31.8. The van der Waals surface area contributed by atoms with Crippen molar-refractivity contribution < 1.29 is 33.7 Å². The van der Waals surface area contributed by atoms with Crippen LogP contribution in [0.15, 0.2) is 184 Å². The highest BCUT2D eigenvalue weighted by atomic mass is 32.2. The van der Waals surface area contributed by atoms with Gasteiger partial charge in [-0.25, -0.2) is 73.5 Å². The molecule has 8 N–H and O–H groups in total. The Labute approximate surface area is 756 Å². The van der Waals surface area contributed by atoms with Gasteiger partial charge < -0.3 is 75.5 Å². The predicted molar refractivity (Wildman–Crippen MR) is 507 cm³/mol. The van der Waals surface area contributed by atoms with Gasteiger partial charge in [0.05, 0.1) is 46.3 Å². The fraction of sp³-hybridized carbons (Fsp3) is 0.429. The molecule has 0 bridgehead atoms. The maximum atomic E-state index is 13.6. The van der Waals surface area contributed by atoms with Crippen molar-refractivity contribution in [1.29, 1.82) is 0 Å². The SMILES string of the molecule is CCS(=O)(=O)c1cc2cnc(Nc3ccc(N4CCNCC4)cn3)nc2n1C1CCCC1.CS(=O)(=O)c1cc2cnc(Nc3ccc(C4=CCNCC4)cn3)nc2n1C1CCCC1.CS(=O)(=O)c1cc2cnc(Nc3ccc(N4CCNCC4)cn3)nc2n1C1CCCC1.O=S(=O)(c1ccccc1)c1cc2cnc(Nc3ccc(N4CCNCC4)cn3)nc2n1C1CCCC1. The van der Waals surface area contributed by atoms with E-state index in [0.717, 1.165) is 240 Å². The highest BCUT2D eigenvalue weighted by Crippen LogP contribution is 2.42. The summed E-state index contributed by atoms with van der Waals surface area (Å²) in [4.78, 5) is 61.8. The summed E-state index contributed by atoms with van der Waals surface area (Å²) < 4.78 is 110. The van der Waals surface area contributed by atoms with Crippen molar-refractivity contribution in [3.8, 4) is 0 Å². The van der Waals surface area contributed by atoms with E-state index in [2.05, 4.69) is 113 Å². The van der Waals surface area contributed by atoms with Crippen LogP contribution in [0.4, 0.5) is 64.1 Å². The molecule has 682 valence electrons. The summed E-state index contributed by atoms with van der Waals surface area (Å²) in [5.41, 5.74) is 8.31. The third kappa shape index (κ3) is 20.1. The van der Waals surface area contributed by atoms with E-state index in [4.69, 9.17) is 9.97 Å². The van der Waals surface area contributed by atoms with Crippen LogP contribution in [0, 0.1) is 0 Å². The number of pyridine rings is 4. The van der Waals surface area contributed by atoms with Crippen molar-refractivity contribution in [3.05, 3.63) is 164 Å². The lowest BCUT2D eigenvalue weighted by Gasteiger charge is -2.29. The Kier molecular flexibility index (Phi) is 26.8. The van der Waals surface area contributed by atoms with Gasteiger partial charge in [-0.15, -0.1) is 0 Å². The second-order valence-corrected chi connectivity index (χ2v) is 42.4. The van der Waals surface area contributed by atoms with Gasteiger partial charge >= 0.3 is 0 Å². The summed E-state index contributed by atoms with van der Waals surface area (Å²) in [6.07, 6.45) is 36.3. The van der Waals surface area contributed by atoms with E-state index in [1.54, 1.807) is 80.2 Å². The molecule has 0 amide bonds. The van der Waals surface area contributed by atoms with E-state index < -0.39 is 39.3 Å². The molecule has 0 unspecified atom stereocenters. The van der Waals surface area contributed by atoms with E-state index in [-0.39, 0.29) is 39.8 Å². The minimum absolute atomic E-state index is 0.0674. The van der Waals surface area contributed by atoms with Gasteiger partial charge in [0.15, 0.2) is 29.5 Å². The molecule has 13 aromatic rings. The summed E-state index contributed by atoms with van der Waals surface area (Å²) in [7, 11) is -13.8. The summed E-state index contributed by atoms with van der Waals surface area (Å²) in [5.74, 6) is 4.30. The molecule has 3 saturated heterocycles. The van der Waals surface area contributed by atoms with Crippen molar-refractivity contribution in [2.75, 3.05) is 146 Å². The standard InChI is InChI=1S/C26H29N7O2S.C22H29N7O2S.C22H26N6O2S.C21H27N7O2S/c34-36(35,22-8-2-1-3-9-22)24-16-19-17-29-26(31-25(19)33(24)20-6-4-5-7-20)30-23-11-10-21(18-28-23)32-14-12-27-13-15-32;1-2-32(30,31)20-13-16-14-25-22(27-21(16)29(20)17-5-3-4-6-17)26-19-8-7-18(15-24-19)28-11-9-23-10-12-28;1-31(29,30)20-12-17-14-25-22(27-21(17)28(20)18-4-2-3-5-18)26-19-7-6-16(13-24-19)15-8-10-23-11-9-15;1-31(29,30)19-12-15-13-24-21(26-20(15)28(19)16-4-2-3-5-16)25-18-7-6-17(14-23-18)27-10-8-22-9-11-27/h1-3,8-11,16-18,20,27H,4-7,12-15H2,(H,28,29,30,31);7-8,13-15,17,23H,2-6,9-12H2,1H3,(H,24,25,26,27);6-8,12-14,18,23H,2-5,9-11H2,1H3,(H,24,25,26,27);6-7,12-14,16,22H,2-5,8-11H2,1H3,(H,23,24,25,26). The molecule has 4 aliphatic heterocycles. The van der Waals surface area contributed by atoms with Gasteiger partial charge in [0, 0.05) is 174 Å². The number of sulfone groups is 4. The second kappa shape index (κ2) is 39.1. The van der Waals surface area contributed by atoms with Gasteiger partial charge in [-0.2, -0.15) is 19.9 Å². The minimum atomic E-state index is -3.70. The quantitative estimate of drug-likeness (QED) is 0.0312. The van der Waals surface area contributed by atoms with E-state index in [0.29, 0.717) is 90.1 Å². The van der Waals surface area contributed by atoms with Gasteiger partial charge in [-0.3, -0.25) is 0 Å². The van der Waals surface area contributed by atoms with E-state index in [9.17, 15) is 33.7 Å². The van der Waals surface area contributed by atoms with Crippen LogP contribution in [0.3, 0.4) is 0 Å². The maximum Gasteiger partial charge on any atom is 0.230 e. The number of anilines is 11. The number of nitrogens with one attached hydrogen (secondary N) is 8. The molecule has 0 spiro atoms. The van der Waals surface area contributed by atoms with Gasteiger partial charge in [-0.1, -0.05) is 82.6 Å². The first-order valence-corrected chi connectivity index (χ1v) is 52.2. The molecule has 0 radical (unpaired) electrons. The predicted octanol–water partition coefficient (Wildman–Crippen LogP) is 12.8. The molecule has 7 fully saturated rings. The van der Waals surface area contributed by atoms with Crippen molar-refractivity contribution in [1.82, 2.24) is 99.3 Å². The van der Waals surface area contributed by atoms with Crippen LogP contribution in [-0.2, 0) is 39.3 Å². The van der Waals surface area contributed by atoms with Crippen molar-refractivity contribution in [2.24, 2.45) is 0 Å². The van der Waals surface area contributed by atoms with Crippen LogP contribution in [-0.4, -0.2) is 222 Å². The zero-order valence-corrected chi connectivity index (χ0v) is 76.6. The number of piperazine rings is 3. The van der Waals surface area contributed by atoms with Crippen LogP contribution in [0.25, 0.3) is 49.7 Å². The summed E-state index contributed by atoms with van der Waals surface area (Å²) in [6.45, 7) is 15.2. The minimum Gasteiger partial charge on any atom is -0.368 e. The van der Waals surface area contributed by atoms with Crippen LogP contribution >= 0.6 is 0 Å². The number of benzene rings is 1. The number of aromatic nitrogens is 16. The Morgan fingerprint density at radius 2 is 0.677 bits per heavy atom. The highest BCUT2D eigenvalue weighted by Gasteiger charge is 2.34. The van der Waals surface area contributed by atoms with E-state index in [1.807, 2.05) is 97.7 Å². The Morgan fingerprint density at radius 1 is 0.354 bits per heavy atom. The monoisotopic (exact) mass is 1840 g/mol. The molecule has 1 aromatic carbocycles. The third-order valence-corrected chi connectivity index (χ3v) is 31.2. The molecule has 4 saturated carbocycles. The topological polar surface area (TPSA) is 417 Å². The third-order valence-electron chi connectivity index (χ3n) is 25.6. The zero-order valence-electron chi connectivity index (χ0n) is 73.3. The molecule has 21 rings (SSSR count). The Hall–Kier alpha value is -11.7. The first-order chi connectivity index (χ1) is 63.1. The lowest BCUT2D eigenvalue weighted by Crippen LogP contribution is -2.43. The summed E-state index contributed by atoms with van der Waals surface area (Å²) >= 11 is 0. The molecule has 39 heteroatoms. The molecule has 0 atom stereocenters. The van der Waals surface area contributed by atoms with E-state index in [1.165, 1.54) is 18.1 Å². The first kappa shape index (κ1) is 88.9. The number of hydrogen-bond donors (Lipinski definition) is 8. The molecular formula is C91H111N27O8S4. The smallest absolute Gasteiger partial charge is 0.230 e. The van der Waals surface area contributed by atoms with Gasteiger partial charge in [0.25, 0.3) is 0 Å².